The Hall–Kier alpha value is -1.42. The van der Waals surface area contributed by atoms with Gasteiger partial charge in [0.25, 0.3) is 0 Å². The van der Waals surface area contributed by atoms with E-state index in [4.69, 9.17) is 0 Å². The summed E-state index contributed by atoms with van der Waals surface area (Å²) in [4.78, 5) is 18.2. The Kier molecular flexibility index (Phi) is 4.09. The Balaban J connectivity index is 1.84. The zero-order valence-electron chi connectivity index (χ0n) is 10.3. The van der Waals surface area contributed by atoms with Gasteiger partial charge in [-0.2, -0.15) is 0 Å². The number of hydrogen-bond acceptors (Lipinski definition) is 3. The Morgan fingerprint density at radius 2 is 2.18 bits per heavy atom. The third-order valence-electron chi connectivity index (χ3n) is 3.04. The molecule has 4 heteroatoms. The highest BCUT2D eigenvalue weighted by molar-refractivity contribution is 5.92. The highest BCUT2D eigenvalue weighted by atomic mass is 16.2. The van der Waals surface area contributed by atoms with Crippen molar-refractivity contribution < 1.29 is 4.79 Å². The maximum Gasteiger partial charge on any atom is 0.238 e. The largest absolute Gasteiger partial charge is 0.324 e. The first-order valence-electron chi connectivity index (χ1n) is 6.25. The molecule has 0 saturated carbocycles. The topological polar surface area (TPSA) is 45.2 Å². The summed E-state index contributed by atoms with van der Waals surface area (Å²) in [5.41, 5.74) is 1.83. The summed E-state index contributed by atoms with van der Waals surface area (Å²) < 4.78 is 0. The van der Waals surface area contributed by atoms with Crippen LogP contribution >= 0.6 is 0 Å². The Labute approximate surface area is 102 Å². The van der Waals surface area contributed by atoms with Crippen molar-refractivity contribution in [2.24, 2.45) is 0 Å². The molecule has 1 aromatic heterocycles. The minimum Gasteiger partial charge on any atom is -0.324 e. The normalized spacial score (nSPS) is 16.1. The van der Waals surface area contributed by atoms with Gasteiger partial charge in [-0.3, -0.25) is 14.7 Å². The lowest BCUT2D eigenvalue weighted by Gasteiger charge is -2.13. The van der Waals surface area contributed by atoms with Gasteiger partial charge < -0.3 is 5.32 Å². The molecule has 1 amide bonds. The average molecular weight is 233 g/mol. The molecule has 0 unspecified atom stereocenters. The zero-order valence-corrected chi connectivity index (χ0v) is 10.3. The van der Waals surface area contributed by atoms with Crippen LogP contribution in [0.5, 0.6) is 0 Å². The maximum absolute atomic E-state index is 11.7. The molecule has 2 rings (SSSR count). The lowest BCUT2D eigenvalue weighted by molar-refractivity contribution is -0.117. The molecule has 0 aliphatic carbocycles. The quantitative estimate of drug-likeness (QED) is 0.860. The molecule has 0 atom stereocenters. The van der Waals surface area contributed by atoms with Gasteiger partial charge in [0.2, 0.25) is 5.91 Å². The van der Waals surface area contributed by atoms with Gasteiger partial charge in [-0.15, -0.1) is 0 Å². The summed E-state index contributed by atoms with van der Waals surface area (Å²) in [6, 6.07) is 3.86. The molecule has 1 aromatic rings. The fourth-order valence-electron chi connectivity index (χ4n) is 2.05. The van der Waals surface area contributed by atoms with Crippen LogP contribution in [0.15, 0.2) is 18.3 Å². The summed E-state index contributed by atoms with van der Waals surface area (Å²) in [6.07, 6.45) is 5.06. The molecule has 92 valence electrons. The number of nitrogens with one attached hydrogen (secondary N) is 1. The fourth-order valence-corrected chi connectivity index (χ4v) is 2.05. The van der Waals surface area contributed by atoms with Crippen molar-refractivity contribution in [2.45, 2.75) is 26.2 Å². The molecular weight excluding hydrogens is 214 g/mol. The second kappa shape index (κ2) is 5.77. The Morgan fingerprint density at radius 1 is 1.41 bits per heavy atom. The molecule has 1 N–H and O–H groups in total. The Bertz CT molecular complexity index is 369. The molecule has 4 nitrogen and oxygen atoms in total. The summed E-state index contributed by atoms with van der Waals surface area (Å²) in [6.45, 7) is 4.64. The van der Waals surface area contributed by atoms with Crippen molar-refractivity contribution in [1.82, 2.24) is 9.88 Å². The van der Waals surface area contributed by atoms with Crippen LogP contribution in [-0.4, -0.2) is 35.4 Å². The van der Waals surface area contributed by atoms with E-state index in [1.54, 1.807) is 6.20 Å². The number of amides is 1. The molecule has 0 spiro atoms. The third-order valence-corrected chi connectivity index (χ3v) is 3.04. The van der Waals surface area contributed by atoms with E-state index < -0.39 is 0 Å². The van der Waals surface area contributed by atoms with Gasteiger partial charge in [0.15, 0.2) is 0 Å². The molecule has 0 bridgehead atoms. The number of anilines is 1. The van der Waals surface area contributed by atoms with E-state index in [0.717, 1.165) is 30.9 Å². The first kappa shape index (κ1) is 12.0. The van der Waals surface area contributed by atoms with E-state index >= 15 is 0 Å². The predicted octanol–water partition coefficient (Wildman–Crippen LogP) is 1.68. The number of aryl methyl sites for hydroxylation is 1. The lowest BCUT2D eigenvalue weighted by atomic mass is 10.3. The van der Waals surface area contributed by atoms with E-state index in [1.807, 2.05) is 12.1 Å². The fraction of sp³-hybridized carbons (Fsp3) is 0.538. The van der Waals surface area contributed by atoms with Gasteiger partial charge >= 0.3 is 0 Å². The first-order chi connectivity index (χ1) is 8.28. The number of carbonyl (C=O) groups excluding carboxylic acids is 1. The van der Waals surface area contributed by atoms with Crippen LogP contribution in [0.4, 0.5) is 5.69 Å². The first-order valence-corrected chi connectivity index (χ1v) is 6.25. The van der Waals surface area contributed by atoms with Crippen molar-refractivity contribution in [1.29, 1.82) is 0 Å². The van der Waals surface area contributed by atoms with Crippen LogP contribution in [0.25, 0.3) is 0 Å². The number of nitrogens with zero attached hydrogens (tertiary/aromatic N) is 2. The second-order valence-electron chi connectivity index (χ2n) is 4.42. The summed E-state index contributed by atoms with van der Waals surface area (Å²) in [7, 11) is 0. The molecule has 17 heavy (non-hydrogen) atoms. The summed E-state index contributed by atoms with van der Waals surface area (Å²) in [5.74, 6) is 0.0537. The van der Waals surface area contributed by atoms with Gasteiger partial charge in [0, 0.05) is 5.69 Å². The molecule has 0 aromatic carbocycles. The monoisotopic (exact) mass is 233 g/mol. The number of hydrogen-bond donors (Lipinski definition) is 1. The minimum atomic E-state index is 0.0537. The highest BCUT2D eigenvalue weighted by Gasteiger charge is 2.14. The predicted molar refractivity (Wildman–Crippen MR) is 67.9 cm³/mol. The summed E-state index contributed by atoms with van der Waals surface area (Å²) >= 11 is 0. The van der Waals surface area contributed by atoms with E-state index in [2.05, 4.69) is 22.1 Å². The third kappa shape index (κ3) is 3.53. The molecule has 1 fully saturated rings. The van der Waals surface area contributed by atoms with Crippen molar-refractivity contribution in [2.75, 3.05) is 25.0 Å². The van der Waals surface area contributed by atoms with Crippen molar-refractivity contribution >= 4 is 11.6 Å². The maximum atomic E-state index is 11.7. The van der Waals surface area contributed by atoms with Gasteiger partial charge in [-0.25, -0.2) is 0 Å². The van der Waals surface area contributed by atoms with Crippen LogP contribution in [0.1, 0.15) is 25.5 Å². The molecular formula is C13H19N3O. The van der Waals surface area contributed by atoms with E-state index in [9.17, 15) is 4.79 Å². The highest BCUT2D eigenvalue weighted by Crippen LogP contribution is 2.09. The van der Waals surface area contributed by atoms with Crippen molar-refractivity contribution in [3.63, 3.8) is 0 Å². The van der Waals surface area contributed by atoms with Crippen molar-refractivity contribution in [3.05, 3.63) is 24.0 Å². The number of aromatic nitrogens is 1. The van der Waals surface area contributed by atoms with E-state index in [0.29, 0.717) is 6.54 Å². The second-order valence-corrected chi connectivity index (χ2v) is 4.42. The standard InChI is InChI=1S/C13H19N3O/c1-2-11-5-6-12(9-14-11)15-13(17)10-16-7-3-4-8-16/h5-6,9H,2-4,7-8,10H2,1H3,(H,15,17). The number of carbonyl (C=O) groups is 1. The SMILES string of the molecule is CCc1ccc(NC(=O)CN2CCCC2)cn1. The molecule has 1 saturated heterocycles. The number of likely N-dealkylation sites (tertiary alicyclic amines) is 1. The number of pyridine rings is 1. The van der Waals surface area contributed by atoms with Crippen LogP contribution in [-0.2, 0) is 11.2 Å². The van der Waals surface area contributed by atoms with E-state index in [-0.39, 0.29) is 5.91 Å². The molecule has 1 aliphatic heterocycles. The van der Waals surface area contributed by atoms with Gasteiger partial charge in [0.1, 0.15) is 0 Å². The average Bonchev–Trinajstić information content (AvgIpc) is 2.82. The van der Waals surface area contributed by atoms with Crippen LogP contribution in [0.2, 0.25) is 0 Å². The van der Waals surface area contributed by atoms with Crippen molar-refractivity contribution in [3.8, 4) is 0 Å². The van der Waals surface area contributed by atoms with Crippen LogP contribution < -0.4 is 5.32 Å². The van der Waals surface area contributed by atoms with Gasteiger partial charge in [0.05, 0.1) is 18.4 Å². The van der Waals surface area contributed by atoms with Gasteiger partial charge in [-0.1, -0.05) is 6.92 Å². The molecule has 0 radical (unpaired) electrons. The zero-order chi connectivity index (χ0) is 12.1. The smallest absolute Gasteiger partial charge is 0.238 e. The van der Waals surface area contributed by atoms with Crippen LogP contribution in [0, 0.1) is 0 Å². The molecule has 1 aliphatic rings. The minimum absolute atomic E-state index is 0.0537. The van der Waals surface area contributed by atoms with E-state index in [1.165, 1.54) is 12.8 Å². The number of rotatable bonds is 4. The summed E-state index contributed by atoms with van der Waals surface area (Å²) in [5, 5.41) is 2.88. The lowest BCUT2D eigenvalue weighted by Crippen LogP contribution is -2.30. The molecule has 2 heterocycles. The van der Waals surface area contributed by atoms with Crippen LogP contribution in [0.3, 0.4) is 0 Å². The Morgan fingerprint density at radius 3 is 2.76 bits per heavy atom. The van der Waals surface area contributed by atoms with Gasteiger partial charge in [-0.05, 0) is 44.5 Å².